The van der Waals surface area contributed by atoms with Crippen molar-refractivity contribution in [2.75, 3.05) is 13.6 Å². The number of urea groups is 1. The topological polar surface area (TPSA) is 61.4 Å². The van der Waals surface area contributed by atoms with Crippen LogP contribution in [-0.4, -0.2) is 30.4 Å². The summed E-state index contributed by atoms with van der Waals surface area (Å²) in [5.74, 6) is 0.414. The van der Waals surface area contributed by atoms with E-state index in [1.54, 1.807) is 11.9 Å². The van der Waals surface area contributed by atoms with E-state index in [0.717, 1.165) is 17.5 Å². The summed E-state index contributed by atoms with van der Waals surface area (Å²) >= 11 is 0. The summed E-state index contributed by atoms with van der Waals surface area (Å²) in [6, 6.07) is 19.6. The molecule has 0 bridgehead atoms. The normalized spacial score (nSPS) is 11.7. The van der Waals surface area contributed by atoms with Crippen LogP contribution in [0.4, 0.5) is 4.79 Å². The van der Waals surface area contributed by atoms with Crippen molar-refractivity contribution in [3.63, 3.8) is 0 Å². The van der Waals surface area contributed by atoms with Gasteiger partial charge in [-0.1, -0.05) is 74.5 Å². The first kappa shape index (κ1) is 21.5. The number of nitrogens with zero attached hydrogens (tertiary/aromatic N) is 1. The second-order valence-corrected chi connectivity index (χ2v) is 7.48. The Kier molecular flexibility index (Phi) is 8.53. The fourth-order valence-electron chi connectivity index (χ4n) is 3.05. The molecule has 0 aromatic heterocycles. The quantitative estimate of drug-likeness (QED) is 0.686. The van der Waals surface area contributed by atoms with E-state index in [1.807, 2.05) is 60.7 Å². The van der Waals surface area contributed by atoms with Crippen LogP contribution in [0.25, 0.3) is 0 Å². The molecule has 0 heterocycles. The summed E-state index contributed by atoms with van der Waals surface area (Å²) in [5.41, 5.74) is 2.17. The first-order valence-corrected chi connectivity index (χ1v) is 9.83. The molecule has 2 N–H and O–H groups in total. The standard InChI is InChI=1S/C23H31N3O2/c1-18(2)16-21(20-12-8-5-9-13-20)25-22(27)14-15-24-23(28)26(3)17-19-10-6-4-7-11-19/h4-13,18,21H,14-17H2,1-3H3,(H,24,28)(H,25,27). The molecule has 28 heavy (non-hydrogen) atoms. The van der Waals surface area contributed by atoms with E-state index in [1.165, 1.54) is 0 Å². The monoisotopic (exact) mass is 381 g/mol. The molecule has 0 radical (unpaired) electrons. The maximum atomic E-state index is 12.4. The van der Waals surface area contributed by atoms with Gasteiger partial charge in [0, 0.05) is 26.6 Å². The third-order valence-corrected chi connectivity index (χ3v) is 4.48. The number of carbonyl (C=O) groups is 2. The molecule has 1 atom stereocenters. The third kappa shape index (κ3) is 7.43. The van der Waals surface area contributed by atoms with Gasteiger partial charge in [-0.15, -0.1) is 0 Å². The van der Waals surface area contributed by atoms with Gasteiger partial charge in [-0.3, -0.25) is 4.79 Å². The van der Waals surface area contributed by atoms with Gasteiger partial charge < -0.3 is 15.5 Å². The van der Waals surface area contributed by atoms with Crippen LogP contribution in [0.15, 0.2) is 60.7 Å². The van der Waals surface area contributed by atoms with Crippen molar-refractivity contribution in [3.8, 4) is 0 Å². The molecule has 0 saturated heterocycles. The summed E-state index contributed by atoms with van der Waals surface area (Å²) in [4.78, 5) is 26.2. The number of nitrogens with one attached hydrogen (secondary N) is 2. The van der Waals surface area contributed by atoms with Crippen LogP contribution in [0.5, 0.6) is 0 Å². The van der Waals surface area contributed by atoms with Crippen LogP contribution in [0, 0.1) is 5.92 Å². The lowest BCUT2D eigenvalue weighted by atomic mass is 9.97. The van der Waals surface area contributed by atoms with Crippen molar-refractivity contribution >= 4 is 11.9 Å². The highest BCUT2D eigenvalue weighted by Gasteiger charge is 2.16. The van der Waals surface area contributed by atoms with Crippen molar-refractivity contribution in [3.05, 3.63) is 71.8 Å². The van der Waals surface area contributed by atoms with E-state index >= 15 is 0 Å². The first-order chi connectivity index (χ1) is 13.5. The summed E-state index contributed by atoms with van der Waals surface area (Å²) in [6.07, 6.45) is 1.13. The predicted molar refractivity (Wildman–Crippen MR) is 113 cm³/mol. The number of rotatable bonds is 9. The molecule has 5 nitrogen and oxygen atoms in total. The molecular formula is C23H31N3O2. The van der Waals surface area contributed by atoms with Gasteiger partial charge in [0.15, 0.2) is 0 Å². The summed E-state index contributed by atoms with van der Waals surface area (Å²) in [6.45, 7) is 5.13. The molecule has 0 aliphatic rings. The van der Waals surface area contributed by atoms with Gasteiger partial charge in [0.25, 0.3) is 0 Å². The lowest BCUT2D eigenvalue weighted by Gasteiger charge is -2.22. The lowest BCUT2D eigenvalue weighted by Crippen LogP contribution is -2.39. The Morgan fingerprint density at radius 1 is 0.964 bits per heavy atom. The zero-order valence-corrected chi connectivity index (χ0v) is 17.0. The highest BCUT2D eigenvalue weighted by atomic mass is 16.2. The van der Waals surface area contributed by atoms with E-state index < -0.39 is 0 Å². The second-order valence-electron chi connectivity index (χ2n) is 7.48. The minimum Gasteiger partial charge on any atom is -0.349 e. The summed E-state index contributed by atoms with van der Waals surface area (Å²) < 4.78 is 0. The molecule has 150 valence electrons. The van der Waals surface area contributed by atoms with Gasteiger partial charge in [-0.05, 0) is 23.5 Å². The van der Waals surface area contributed by atoms with Crippen LogP contribution in [0.3, 0.4) is 0 Å². The van der Waals surface area contributed by atoms with Crippen LogP contribution >= 0.6 is 0 Å². The maximum absolute atomic E-state index is 12.4. The van der Waals surface area contributed by atoms with Gasteiger partial charge in [-0.2, -0.15) is 0 Å². The SMILES string of the molecule is CC(C)CC(NC(=O)CCNC(=O)N(C)Cc1ccccc1)c1ccccc1. The summed E-state index contributed by atoms with van der Waals surface area (Å²) in [7, 11) is 1.75. The Bertz CT molecular complexity index is 732. The molecule has 2 rings (SSSR count). The molecule has 0 aliphatic carbocycles. The van der Waals surface area contributed by atoms with E-state index in [4.69, 9.17) is 0 Å². The third-order valence-electron chi connectivity index (χ3n) is 4.48. The number of hydrogen-bond donors (Lipinski definition) is 2. The average molecular weight is 382 g/mol. The van der Waals surface area contributed by atoms with Gasteiger partial charge in [0.2, 0.25) is 5.91 Å². The number of amides is 3. The zero-order chi connectivity index (χ0) is 20.4. The Morgan fingerprint density at radius 3 is 2.18 bits per heavy atom. The second kappa shape index (κ2) is 11.1. The number of carbonyl (C=O) groups excluding carboxylic acids is 2. The van der Waals surface area contributed by atoms with Crippen molar-refractivity contribution in [2.45, 2.75) is 39.3 Å². The Morgan fingerprint density at radius 2 is 1.57 bits per heavy atom. The highest BCUT2D eigenvalue weighted by molar-refractivity contribution is 5.78. The number of benzene rings is 2. The van der Waals surface area contributed by atoms with Crippen molar-refractivity contribution in [2.24, 2.45) is 5.92 Å². The van der Waals surface area contributed by atoms with Crippen LogP contribution < -0.4 is 10.6 Å². The minimum atomic E-state index is -0.182. The van der Waals surface area contributed by atoms with E-state index in [2.05, 4.69) is 24.5 Å². The van der Waals surface area contributed by atoms with Gasteiger partial charge in [-0.25, -0.2) is 4.79 Å². The van der Waals surface area contributed by atoms with Gasteiger partial charge in [0.1, 0.15) is 0 Å². The Hall–Kier alpha value is -2.82. The Labute approximate surface area is 168 Å². The predicted octanol–water partition coefficient (Wildman–Crippen LogP) is 4.12. The smallest absolute Gasteiger partial charge is 0.317 e. The molecule has 0 aliphatic heterocycles. The van der Waals surface area contributed by atoms with Crippen LogP contribution in [0.2, 0.25) is 0 Å². The first-order valence-electron chi connectivity index (χ1n) is 9.83. The van der Waals surface area contributed by atoms with Crippen molar-refractivity contribution < 1.29 is 9.59 Å². The lowest BCUT2D eigenvalue weighted by molar-refractivity contribution is -0.121. The van der Waals surface area contributed by atoms with Crippen molar-refractivity contribution in [1.29, 1.82) is 0 Å². The molecule has 0 fully saturated rings. The highest BCUT2D eigenvalue weighted by Crippen LogP contribution is 2.21. The number of hydrogen-bond acceptors (Lipinski definition) is 2. The van der Waals surface area contributed by atoms with Crippen LogP contribution in [-0.2, 0) is 11.3 Å². The Balaban J connectivity index is 1.78. The molecular weight excluding hydrogens is 350 g/mol. The van der Waals surface area contributed by atoms with Crippen molar-refractivity contribution in [1.82, 2.24) is 15.5 Å². The molecule has 3 amide bonds. The summed E-state index contributed by atoms with van der Waals surface area (Å²) in [5, 5.41) is 5.92. The van der Waals surface area contributed by atoms with E-state index in [0.29, 0.717) is 19.0 Å². The fraction of sp³-hybridized carbons (Fsp3) is 0.391. The molecule has 2 aromatic carbocycles. The molecule has 0 spiro atoms. The molecule has 2 aromatic rings. The zero-order valence-electron chi connectivity index (χ0n) is 17.0. The minimum absolute atomic E-state index is 0.00912. The molecule has 1 unspecified atom stereocenters. The fourth-order valence-corrected chi connectivity index (χ4v) is 3.05. The molecule has 0 saturated carbocycles. The van der Waals surface area contributed by atoms with E-state index in [-0.39, 0.29) is 24.4 Å². The van der Waals surface area contributed by atoms with Gasteiger partial charge >= 0.3 is 6.03 Å². The van der Waals surface area contributed by atoms with E-state index in [9.17, 15) is 9.59 Å². The van der Waals surface area contributed by atoms with Gasteiger partial charge in [0.05, 0.1) is 6.04 Å². The van der Waals surface area contributed by atoms with Crippen LogP contribution in [0.1, 0.15) is 43.9 Å². The average Bonchev–Trinajstić information content (AvgIpc) is 2.68. The molecule has 5 heteroatoms. The maximum Gasteiger partial charge on any atom is 0.317 e. The largest absolute Gasteiger partial charge is 0.349 e.